The Morgan fingerprint density at radius 2 is 1.41 bits per heavy atom. The zero-order valence-electron chi connectivity index (χ0n) is 22.9. The molecule has 3 aromatic carbocycles. The van der Waals surface area contributed by atoms with E-state index >= 15 is 0 Å². The molecule has 0 saturated heterocycles. The summed E-state index contributed by atoms with van der Waals surface area (Å²) in [5.41, 5.74) is 11.3. The maximum atomic E-state index is 6.51. The molecule has 4 atom stereocenters. The topological polar surface area (TPSA) is 95.9 Å². The number of nitrogens with two attached hydrogens (primary N) is 1. The second-order valence-electron chi connectivity index (χ2n) is 10.4. The molecule has 210 valence electrons. The SMILES string of the molecule is C=C1[C@@H](COCc2ccccc2)[C@H](OCc2ccccc2)C[C@H]1n1cnc2c1NC(N)=NC2OCc1ccccc1. The number of imidazole rings is 1. The Labute approximate surface area is 240 Å². The molecule has 1 saturated carbocycles. The minimum absolute atomic E-state index is 0.0187. The van der Waals surface area contributed by atoms with Crippen LogP contribution in [0.2, 0.25) is 0 Å². The number of benzene rings is 3. The van der Waals surface area contributed by atoms with E-state index < -0.39 is 6.23 Å². The number of rotatable bonds is 11. The molecule has 1 fully saturated rings. The summed E-state index contributed by atoms with van der Waals surface area (Å²) in [6.07, 6.45) is 1.89. The molecule has 8 nitrogen and oxygen atoms in total. The number of aliphatic imine (C=N–C) groups is 1. The minimum Gasteiger partial charge on any atom is -0.376 e. The fourth-order valence-corrected chi connectivity index (χ4v) is 5.50. The van der Waals surface area contributed by atoms with Crippen molar-refractivity contribution in [3.63, 3.8) is 0 Å². The van der Waals surface area contributed by atoms with Crippen LogP contribution in [0.25, 0.3) is 0 Å². The molecule has 1 aromatic heterocycles. The van der Waals surface area contributed by atoms with E-state index in [4.69, 9.17) is 24.9 Å². The lowest BCUT2D eigenvalue weighted by Crippen LogP contribution is -2.30. The molecule has 0 radical (unpaired) electrons. The zero-order chi connectivity index (χ0) is 28.0. The zero-order valence-corrected chi connectivity index (χ0v) is 22.9. The fourth-order valence-electron chi connectivity index (χ4n) is 5.50. The van der Waals surface area contributed by atoms with E-state index in [1.165, 1.54) is 0 Å². The average Bonchev–Trinajstić information content (AvgIpc) is 3.56. The molecule has 1 unspecified atom stereocenters. The van der Waals surface area contributed by atoms with Gasteiger partial charge in [-0.05, 0) is 28.7 Å². The first-order valence-electron chi connectivity index (χ1n) is 13.9. The number of guanidine groups is 1. The molecule has 0 amide bonds. The normalized spacial score (nSPS) is 21.8. The molecule has 6 rings (SSSR count). The lowest BCUT2D eigenvalue weighted by molar-refractivity contribution is -0.0122. The van der Waals surface area contributed by atoms with Gasteiger partial charge in [0.1, 0.15) is 11.5 Å². The Hall–Kier alpha value is -4.24. The third-order valence-electron chi connectivity index (χ3n) is 7.67. The van der Waals surface area contributed by atoms with E-state index in [1.807, 2.05) is 73.1 Å². The minimum atomic E-state index is -0.600. The summed E-state index contributed by atoms with van der Waals surface area (Å²) in [6.45, 7) is 6.52. The average molecular weight is 550 g/mol. The summed E-state index contributed by atoms with van der Waals surface area (Å²) < 4.78 is 20.9. The standard InChI is InChI=1S/C33H35N5O3/c1-23-27(21-39-18-24-11-5-2-6-12-24)29(40-19-25-13-7-3-8-14-25)17-28(23)38-22-35-30-31(38)36-33(34)37-32(30)41-20-26-15-9-4-10-16-26/h2-16,22,27-29,32H,1,17-21H2,(H3,34,36,37)/t27-,28-,29-,32?/m1/s1. The Morgan fingerprint density at radius 3 is 2.05 bits per heavy atom. The lowest BCUT2D eigenvalue weighted by atomic mass is 10.0. The summed E-state index contributed by atoms with van der Waals surface area (Å²) >= 11 is 0. The van der Waals surface area contributed by atoms with Crippen LogP contribution in [0.1, 0.15) is 41.1 Å². The first-order chi connectivity index (χ1) is 20.2. The highest BCUT2D eigenvalue weighted by Gasteiger charge is 2.41. The van der Waals surface area contributed by atoms with Crippen LogP contribution in [0, 0.1) is 5.92 Å². The monoisotopic (exact) mass is 549 g/mol. The van der Waals surface area contributed by atoms with Crippen LogP contribution in [0.15, 0.2) is 114 Å². The quantitative estimate of drug-likeness (QED) is 0.231. The van der Waals surface area contributed by atoms with Crippen molar-refractivity contribution in [1.82, 2.24) is 9.55 Å². The highest BCUT2D eigenvalue weighted by Crippen LogP contribution is 2.44. The van der Waals surface area contributed by atoms with E-state index in [0.717, 1.165) is 34.5 Å². The van der Waals surface area contributed by atoms with Crippen molar-refractivity contribution >= 4 is 11.8 Å². The van der Waals surface area contributed by atoms with E-state index in [1.54, 1.807) is 0 Å². The van der Waals surface area contributed by atoms with Crippen LogP contribution in [-0.2, 0) is 34.0 Å². The molecule has 41 heavy (non-hydrogen) atoms. The van der Waals surface area contributed by atoms with Crippen molar-refractivity contribution in [2.24, 2.45) is 16.6 Å². The number of hydrogen-bond acceptors (Lipinski definition) is 7. The second-order valence-corrected chi connectivity index (χ2v) is 10.4. The van der Waals surface area contributed by atoms with Crippen molar-refractivity contribution < 1.29 is 14.2 Å². The van der Waals surface area contributed by atoms with Gasteiger partial charge >= 0.3 is 0 Å². The predicted octanol–water partition coefficient (Wildman–Crippen LogP) is 5.76. The van der Waals surface area contributed by atoms with Crippen molar-refractivity contribution in [3.8, 4) is 0 Å². The Kier molecular flexibility index (Phi) is 8.23. The van der Waals surface area contributed by atoms with Gasteiger partial charge in [0.2, 0.25) is 0 Å². The van der Waals surface area contributed by atoms with Crippen molar-refractivity contribution in [2.45, 2.75) is 44.6 Å². The summed E-state index contributed by atoms with van der Waals surface area (Å²) in [6, 6.07) is 30.4. The Bertz CT molecular complexity index is 1470. The van der Waals surface area contributed by atoms with Crippen LogP contribution in [0.3, 0.4) is 0 Å². The Morgan fingerprint density at radius 1 is 0.829 bits per heavy atom. The number of anilines is 1. The maximum absolute atomic E-state index is 6.51. The molecule has 4 aromatic rings. The van der Waals surface area contributed by atoms with Crippen LogP contribution in [0.4, 0.5) is 5.82 Å². The summed E-state index contributed by atoms with van der Waals surface area (Å²) in [5, 5.41) is 3.22. The van der Waals surface area contributed by atoms with Gasteiger partial charge in [0.15, 0.2) is 12.2 Å². The van der Waals surface area contributed by atoms with E-state index in [0.29, 0.717) is 38.1 Å². The van der Waals surface area contributed by atoms with Gasteiger partial charge in [-0.15, -0.1) is 0 Å². The number of nitrogens with one attached hydrogen (secondary N) is 1. The van der Waals surface area contributed by atoms with Gasteiger partial charge in [-0.3, -0.25) is 0 Å². The smallest absolute Gasteiger partial charge is 0.198 e. The van der Waals surface area contributed by atoms with Crippen LogP contribution < -0.4 is 11.1 Å². The fraction of sp³-hybridized carbons (Fsp3) is 0.273. The van der Waals surface area contributed by atoms with Crippen LogP contribution in [-0.4, -0.2) is 28.2 Å². The summed E-state index contributed by atoms with van der Waals surface area (Å²) in [7, 11) is 0. The van der Waals surface area contributed by atoms with E-state index in [2.05, 4.69) is 45.7 Å². The number of hydrogen-bond donors (Lipinski definition) is 2. The third-order valence-corrected chi connectivity index (χ3v) is 7.67. The highest BCUT2D eigenvalue weighted by molar-refractivity contribution is 5.93. The number of ether oxygens (including phenoxy) is 3. The number of nitrogens with zero attached hydrogens (tertiary/aromatic N) is 3. The van der Waals surface area contributed by atoms with Crippen molar-refractivity contribution in [1.29, 1.82) is 0 Å². The first kappa shape index (κ1) is 27.0. The first-order valence-corrected chi connectivity index (χ1v) is 13.9. The summed E-state index contributed by atoms with van der Waals surface area (Å²) in [5.74, 6) is 1.08. The molecule has 2 aliphatic rings. The Balaban J connectivity index is 1.19. The van der Waals surface area contributed by atoms with E-state index in [-0.39, 0.29) is 18.1 Å². The third kappa shape index (κ3) is 6.25. The van der Waals surface area contributed by atoms with Gasteiger partial charge in [0.25, 0.3) is 0 Å². The molecule has 2 heterocycles. The van der Waals surface area contributed by atoms with E-state index in [9.17, 15) is 0 Å². The van der Waals surface area contributed by atoms with Gasteiger partial charge in [0.05, 0.1) is 44.9 Å². The molecule has 3 N–H and O–H groups in total. The van der Waals surface area contributed by atoms with Gasteiger partial charge in [-0.1, -0.05) is 97.6 Å². The largest absolute Gasteiger partial charge is 0.376 e. The van der Waals surface area contributed by atoms with Gasteiger partial charge in [-0.2, -0.15) is 0 Å². The molecular weight excluding hydrogens is 514 g/mol. The molecule has 1 aliphatic heterocycles. The van der Waals surface area contributed by atoms with Crippen LogP contribution >= 0.6 is 0 Å². The summed E-state index contributed by atoms with van der Waals surface area (Å²) in [4.78, 5) is 9.19. The highest BCUT2D eigenvalue weighted by atomic mass is 16.5. The lowest BCUT2D eigenvalue weighted by Gasteiger charge is -2.24. The van der Waals surface area contributed by atoms with Crippen LogP contribution in [0.5, 0.6) is 0 Å². The molecular formula is C33H35N5O3. The molecule has 0 bridgehead atoms. The second kappa shape index (κ2) is 12.5. The predicted molar refractivity (Wildman–Crippen MR) is 159 cm³/mol. The van der Waals surface area contributed by atoms with Gasteiger partial charge < -0.3 is 29.8 Å². The van der Waals surface area contributed by atoms with Gasteiger partial charge in [-0.25, -0.2) is 9.98 Å². The maximum Gasteiger partial charge on any atom is 0.198 e. The van der Waals surface area contributed by atoms with Gasteiger partial charge in [0, 0.05) is 5.92 Å². The number of fused-ring (bicyclic) bond motifs is 1. The van der Waals surface area contributed by atoms with Crippen molar-refractivity contribution in [2.75, 3.05) is 11.9 Å². The molecule has 0 spiro atoms. The molecule has 1 aliphatic carbocycles. The number of aromatic nitrogens is 2. The molecule has 8 heteroatoms. The van der Waals surface area contributed by atoms with Crippen molar-refractivity contribution in [3.05, 3.63) is 132 Å².